The smallest absolute Gasteiger partial charge is 0.273 e. The van der Waals surface area contributed by atoms with Gasteiger partial charge in [0.15, 0.2) is 10.1 Å². The van der Waals surface area contributed by atoms with Crippen molar-refractivity contribution in [3.63, 3.8) is 0 Å². The van der Waals surface area contributed by atoms with Crippen molar-refractivity contribution in [2.45, 2.75) is 38.2 Å². The predicted octanol–water partition coefficient (Wildman–Crippen LogP) is 4.11. The Morgan fingerprint density at radius 1 is 1.37 bits per heavy atom. The summed E-state index contributed by atoms with van der Waals surface area (Å²) >= 11 is 12.1. The van der Waals surface area contributed by atoms with Crippen molar-refractivity contribution in [3.05, 3.63) is 23.5 Å². The maximum Gasteiger partial charge on any atom is 0.273 e. The average molecular weight is 318 g/mol. The number of allylic oxidation sites excluding steroid dienone is 4. The normalized spacial score (nSPS) is 31.3. The van der Waals surface area contributed by atoms with Gasteiger partial charge in [0.1, 0.15) is 0 Å². The number of fused-ring (bicyclic) bond motifs is 1. The van der Waals surface area contributed by atoms with E-state index in [0.29, 0.717) is 0 Å². The summed E-state index contributed by atoms with van der Waals surface area (Å²) in [5.41, 5.74) is 0.832. The lowest BCUT2D eigenvalue weighted by atomic mass is 9.70. The summed E-state index contributed by atoms with van der Waals surface area (Å²) in [6.07, 6.45) is 3.90. The molecule has 0 heterocycles. The van der Waals surface area contributed by atoms with Gasteiger partial charge in [0, 0.05) is 11.3 Å². The summed E-state index contributed by atoms with van der Waals surface area (Å²) in [6, 6.07) is 0. The Balaban J connectivity index is 2.41. The van der Waals surface area contributed by atoms with Crippen LogP contribution in [0, 0.1) is 17.3 Å². The van der Waals surface area contributed by atoms with Crippen LogP contribution in [0.25, 0.3) is 0 Å². The van der Waals surface area contributed by atoms with Gasteiger partial charge >= 0.3 is 0 Å². The Labute approximate surface area is 126 Å². The van der Waals surface area contributed by atoms with E-state index in [1.54, 1.807) is 0 Å². The van der Waals surface area contributed by atoms with E-state index in [1.807, 2.05) is 12.2 Å². The Morgan fingerprint density at radius 2 is 1.95 bits per heavy atom. The summed E-state index contributed by atoms with van der Waals surface area (Å²) in [5, 5.41) is 0. The summed E-state index contributed by atoms with van der Waals surface area (Å²) in [7, 11) is -0.883. The van der Waals surface area contributed by atoms with Crippen LogP contribution in [0.1, 0.15) is 20.8 Å². The zero-order valence-corrected chi connectivity index (χ0v) is 14.4. The highest BCUT2D eigenvalue weighted by Crippen LogP contribution is 2.57. The molecule has 0 aliphatic heterocycles. The zero-order valence-electron chi connectivity index (χ0n) is 11.9. The molecule has 0 spiro atoms. The lowest BCUT2D eigenvalue weighted by Crippen LogP contribution is -2.54. The molecule has 1 saturated carbocycles. The van der Waals surface area contributed by atoms with Crippen molar-refractivity contribution >= 4 is 38.0 Å². The van der Waals surface area contributed by atoms with E-state index < -0.39 is 13.4 Å². The fourth-order valence-corrected chi connectivity index (χ4v) is 4.06. The number of carbonyl (C=O) groups is 1. The number of hydrogen-bond donors (Lipinski definition) is 0. The molecule has 2 atom stereocenters. The van der Waals surface area contributed by atoms with E-state index in [1.165, 1.54) is 0 Å². The summed E-state index contributed by atoms with van der Waals surface area (Å²) in [6.45, 7) is 10.5. The maximum atomic E-state index is 12.1. The Kier molecular flexibility index (Phi) is 3.70. The van der Waals surface area contributed by atoms with Crippen molar-refractivity contribution < 1.29 is 9.22 Å². The Bertz CT molecular complexity index is 472. The van der Waals surface area contributed by atoms with Gasteiger partial charge in [0.2, 0.25) is 0 Å². The number of halogens is 2. The quantitative estimate of drug-likeness (QED) is 0.435. The molecule has 5 heteroatoms. The van der Waals surface area contributed by atoms with Crippen molar-refractivity contribution in [1.29, 1.82) is 0 Å². The predicted molar refractivity (Wildman–Crippen MR) is 80.6 cm³/mol. The van der Waals surface area contributed by atoms with Crippen molar-refractivity contribution in [2.75, 3.05) is 0 Å². The third kappa shape index (κ3) is 2.41. The van der Waals surface area contributed by atoms with Crippen LogP contribution in [-0.2, 0) is 9.22 Å². The third-order valence-electron chi connectivity index (χ3n) is 3.46. The van der Waals surface area contributed by atoms with Gasteiger partial charge in [-0.2, -0.15) is 0 Å². The monoisotopic (exact) mass is 317 g/mol. The first-order chi connectivity index (χ1) is 8.56. The number of carbonyl (C=O) groups excluding carboxylic acids is 1. The minimum atomic E-state index is -1.25. The molecule has 0 aromatic heterocycles. The van der Waals surface area contributed by atoms with Gasteiger partial charge in [-0.25, -0.2) is 0 Å². The number of rotatable bonds is 2. The van der Waals surface area contributed by atoms with Gasteiger partial charge in [-0.15, -0.1) is 0 Å². The molecular weight excluding hydrogens is 299 g/mol. The minimum absolute atomic E-state index is 0.104. The van der Waals surface area contributed by atoms with E-state index in [4.69, 9.17) is 27.6 Å². The third-order valence-corrected chi connectivity index (χ3v) is 4.95. The molecule has 0 N–H and O–H groups in total. The Morgan fingerprint density at radius 3 is 2.42 bits per heavy atom. The first-order valence-corrected chi connectivity index (χ1v) is 9.56. The standard InChI is InChI=1S/C14H19Cl2O2Si/c1-13(2,3)12(18-19(4)5)8-6-7-9-10(8)11(17)14(9,15)16/h6-7,9-10H,1-5H3/b12-8+. The minimum Gasteiger partial charge on any atom is -0.545 e. The fourth-order valence-electron chi connectivity index (χ4n) is 2.59. The lowest BCUT2D eigenvalue weighted by Gasteiger charge is -2.42. The van der Waals surface area contributed by atoms with Crippen LogP contribution in [-0.4, -0.2) is 19.2 Å². The molecule has 0 bridgehead atoms. The van der Waals surface area contributed by atoms with Gasteiger partial charge in [0.05, 0.1) is 11.7 Å². The van der Waals surface area contributed by atoms with Crippen molar-refractivity contribution in [1.82, 2.24) is 0 Å². The van der Waals surface area contributed by atoms with Crippen LogP contribution < -0.4 is 0 Å². The highest BCUT2D eigenvalue weighted by atomic mass is 35.5. The lowest BCUT2D eigenvalue weighted by molar-refractivity contribution is -0.131. The maximum absolute atomic E-state index is 12.1. The first kappa shape index (κ1) is 15.1. The fraction of sp³-hybridized carbons (Fsp3) is 0.643. The van der Waals surface area contributed by atoms with E-state index in [-0.39, 0.29) is 23.0 Å². The zero-order chi connectivity index (χ0) is 14.6. The molecule has 1 radical (unpaired) electrons. The second kappa shape index (κ2) is 4.64. The number of ketones is 1. The van der Waals surface area contributed by atoms with Crippen LogP contribution in [0.4, 0.5) is 0 Å². The van der Waals surface area contributed by atoms with Crippen LogP contribution in [0.2, 0.25) is 13.1 Å². The highest BCUT2D eigenvalue weighted by molar-refractivity contribution is 6.61. The summed E-state index contributed by atoms with van der Waals surface area (Å²) in [4.78, 5) is 12.1. The second-order valence-corrected chi connectivity index (χ2v) is 9.80. The van der Waals surface area contributed by atoms with Gasteiger partial charge in [-0.3, -0.25) is 4.79 Å². The van der Waals surface area contributed by atoms with Crippen LogP contribution in [0.5, 0.6) is 0 Å². The van der Waals surface area contributed by atoms with Gasteiger partial charge in [-0.1, -0.05) is 56.1 Å². The summed E-state index contributed by atoms with van der Waals surface area (Å²) < 4.78 is 4.81. The molecule has 0 aromatic rings. The average Bonchev–Trinajstić information content (AvgIpc) is 2.65. The Hall–Kier alpha value is -0.253. The molecule has 0 aromatic carbocycles. The van der Waals surface area contributed by atoms with Crippen LogP contribution in [0.3, 0.4) is 0 Å². The SMILES string of the molecule is C[Si](C)O/C(=C1\C=CC2C1C(=O)C2(Cl)Cl)C(C)(C)C. The number of Topliss-reactive ketones (excluding diaryl/α,β-unsaturated/α-hetero) is 1. The first-order valence-electron chi connectivity index (χ1n) is 6.40. The van der Waals surface area contributed by atoms with E-state index in [9.17, 15) is 4.79 Å². The molecule has 0 amide bonds. The van der Waals surface area contributed by atoms with Crippen molar-refractivity contribution in [3.8, 4) is 0 Å². The van der Waals surface area contributed by atoms with E-state index in [2.05, 4.69) is 33.9 Å². The number of hydrogen-bond acceptors (Lipinski definition) is 2. The molecule has 1 fully saturated rings. The second-order valence-electron chi connectivity index (χ2n) is 6.39. The topological polar surface area (TPSA) is 26.3 Å². The highest BCUT2D eigenvalue weighted by Gasteiger charge is 2.62. The van der Waals surface area contributed by atoms with Crippen molar-refractivity contribution in [2.24, 2.45) is 17.3 Å². The number of alkyl halides is 2. The molecule has 19 heavy (non-hydrogen) atoms. The van der Waals surface area contributed by atoms with Gasteiger partial charge in [-0.05, 0) is 18.7 Å². The molecular formula is C14H19Cl2O2Si. The molecule has 2 unspecified atom stereocenters. The molecule has 0 saturated heterocycles. The molecule has 2 rings (SSSR count). The summed E-state index contributed by atoms with van der Waals surface area (Å²) in [5.74, 6) is 0.480. The van der Waals surface area contributed by atoms with Gasteiger partial charge in [0.25, 0.3) is 9.04 Å². The van der Waals surface area contributed by atoms with Gasteiger partial charge < -0.3 is 4.43 Å². The van der Waals surface area contributed by atoms with E-state index in [0.717, 1.165) is 11.3 Å². The molecule has 105 valence electrons. The molecule has 2 aliphatic rings. The van der Waals surface area contributed by atoms with Crippen LogP contribution >= 0.6 is 23.2 Å². The van der Waals surface area contributed by atoms with Crippen LogP contribution in [0.15, 0.2) is 23.5 Å². The van der Waals surface area contributed by atoms with E-state index >= 15 is 0 Å². The molecule has 2 aliphatic carbocycles. The molecule has 2 nitrogen and oxygen atoms in total. The largest absolute Gasteiger partial charge is 0.545 e.